The van der Waals surface area contributed by atoms with Crippen LogP contribution in [0.3, 0.4) is 0 Å². The molecule has 2 nitrogen and oxygen atoms in total. The Kier molecular flexibility index (Phi) is 2.83. The lowest BCUT2D eigenvalue weighted by Gasteiger charge is -2.04. The summed E-state index contributed by atoms with van der Waals surface area (Å²) in [6.45, 7) is 6.54. The molecule has 0 fully saturated rings. The van der Waals surface area contributed by atoms with Gasteiger partial charge in [-0.3, -0.25) is 0 Å². The van der Waals surface area contributed by atoms with Crippen molar-refractivity contribution in [2.75, 3.05) is 0 Å². The molecular weight excluding hydrogens is 252 g/mol. The fraction of sp³-hybridized carbons (Fsp3) is 0.417. The van der Waals surface area contributed by atoms with Gasteiger partial charge in [0.2, 0.25) is 0 Å². The first-order valence-electron chi connectivity index (χ1n) is 5.21. The molecule has 2 aromatic rings. The molecule has 2 aromatic heterocycles. The lowest BCUT2D eigenvalue weighted by atomic mass is 10.1. The summed E-state index contributed by atoms with van der Waals surface area (Å²) < 4.78 is 3.13. The van der Waals surface area contributed by atoms with Crippen molar-refractivity contribution in [1.82, 2.24) is 9.38 Å². The summed E-state index contributed by atoms with van der Waals surface area (Å²) >= 11 is 3.53. The topological polar surface area (TPSA) is 17.3 Å². The van der Waals surface area contributed by atoms with Gasteiger partial charge in [-0.25, -0.2) is 4.98 Å². The molecule has 0 saturated carbocycles. The Balaban J connectivity index is 2.63. The van der Waals surface area contributed by atoms with Crippen molar-refractivity contribution in [2.24, 2.45) is 5.92 Å². The zero-order valence-electron chi connectivity index (χ0n) is 9.29. The van der Waals surface area contributed by atoms with Crippen molar-refractivity contribution in [1.29, 1.82) is 0 Å². The second-order valence-electron chi connectivity index (χ2n) is 4.33. The second kappa shape index (κ2) is 3.97. The molecule has 0 N–H and O–H groups in total. The second-order valence-corrected chi connectivity index (χ2v) is 5.08. The standard InChI is InChI=1S/C12H15BrN2/c1-8(2)7-10-14-12(13)11-9(3)5-4-6-15(10)11/h4-6,8H,7H2,1-3H3. The van der Waals surface area contributed by atoms with Gasteiger partial charge in [0.15, 0.2) is 0 Å². The predicted molar refractivity (Wildman–Crippen MR) is 66.2 cm³/mol. The number of fused-ring (bicyclic) bond motifs is 1. The van der Waals surface area contributed by atoms with Gasteiger partial charge in [-0.1, -0.05) is 19.9 Å². The maximum Gasteiger partial charge on any atom is 0.132 e. The van der Waals surface area contributed by atoms with Gasteiger partial charge in [-0.05, 0) is 40.4 Å². The van der Waals surface area contributed by atoms with E-state index in [-0.39, 0.29) is 0 Å². The van der Waals surface area contributed by atoms with Gasteiger partial charge in [0, 0.05) is 12.6 Å². The molecule has 15 heavy (non-hydrogen) atoms. The minimum absolute atomic E-state index is 0.628. The molecule has 0 aliphatic carbocycles. The smallest absolute Gasteiger partial charge is 0.132 e. The number of hydrogen-bond donors (Lipinski definition) is 0. The molecule has 0 bridgehead atoms. The van der Waals surface area contributed by atoms with Crippen molar-refractivity contribution in [3.05, 3.63) is 34.3 Å². The summed E-state index contributed by atoms with van der Waals surface area (Å²) in [6, 6.07) is 4.18. The molecule has 0 aliphatic rings. The van der Waals surface area contributed by atoms with Crippen LogP contribution >= 0.6 is 15.9 Å². The quantitative estimate of drug-likeness (QED) is 0.812. The van der Waals surface area contributed by atoms with Gasteiger partial charge in [0.05, 0.1) is 5.52 Å². The third-order valence-electron chi connectivity index (χ3n) is 2.49. The lowest BCUT2D eigenvalue weighted by Crippen LogP contribution is -2.00. The van der Waals surface area contributed by atoms with Crippen molar-refractivity contribution in [3.63, 3.8) is 0 Å². The first kappa shape index (κ1) is 10.7. The highest BCUT2D eigenvalue weighted by Crippen LogP contribution is 2.23. The number of aromatic nitrogens is 2. The monoisotopic (exact) mass is 266 g/mol. The lowest BCUT2D eigenvalue weighted by molar-refractivity contribution is 0.618. The van der Waals surface area contributed by atoms with Gasteiger partial charge in [-0.2, -0.15) is 0 Å². The molecule has 0 amide bonds. The van der Waals surface area contributed by atoms with Crippen LogP contribution in [0.2, 0.25) is 0 Å². The molecule has 3 heteroatoms. The molecule has 0 saturated heterocycles. The molecule has 2 heterocycles. The molecule has 0 radical (unpaired) electrons. The Morgan fingerprint density at radius 3 is 2.87 bits per heavy atom. The van der Waals surface area contributed by atoms with E-state index in [4.69, 9.17) is 0 Å². The van der Waals surface area contributed by atoms with Crippen LogP contribution in [0.15, 0.2) is 22.9 Å². The number of imidazole rings is 1. The fourth-order valence-electron chi connectivity index (χ4n) is 1.82. The summed E-state index contributed by atoms with van der Waals surface area (Å²) in [6.07, 6.45) is 3.09. The van der Waals surface area contributed by atoms with Gasteiger partial charge >= 0.3 is 0 Å². The average Bonchev–Trinajstić information content (AvgIpc) is 2.44. The number of hydrogen-bond acceptors (Lipinski definition) is 1. The highest BCUT2D eigenvalue weighted by Gasteiger charge is 2.11. The van der Waals surface area contributed by atoms with E-state index in [1.54, 1.807) is 0 Å². The number of halogens is 1. The van der Waals surface area contributed by atoms with Gasteiger partial charge < -0.3 is 4.40 Å². The van der Waals surface area contributed by atoms with Crippen LogP contribution in [0.25, 0.3) is 5.52 Å². The van der Waals surface area contributed by atoms with E-state index in [1.807, 2.05) is 0 Å². The van der Waals surface area contributed by atoms with Crippen LogP contribution in [0, 0.1) is 12.8 Å². The number of nitrogens with zero attached hydrogens (tertiary/aromatic N) is 2. The van der Waals surface area contributed by atoms with Crippen LogP contribution in [-0.4, -0.2) is 9.38 Å². The Morgan fingerprint density at radius 1 is 1.47 bits per heavy atom. The number of aryl methyl sites for hydroxylation is 1. The van der Waals surface area contributed by atoms with Crippen LogP contribution in [0.5, 0.6) is 0 Å². The SMILES string of the molecule is Cc1cccn2c(CC(C)C)nc(Br)c12. The van der Waals surface area contributed by atoms with E-state index in [2.05, 4.69) is 64.4 Å². The minimum atomic E-state index is 0.628. The number of pyridine rings is 1. The normalized spacial score (nSPS) is 11.5. The zero-order valence-corrected chi connectivity index (χ0v) is 10.9. The Hall–Kier alpha value is -0.830. The molecule has 0 unspecified atom stereocenters. The van der Waals surface area contributed by atoms with E-state index < -0.39 is 0 Å². The third kappa shape index (κ3) is 1.93. The first-order chi connectivity index (χ1) is 7.09. The summed E-state index contributed by atoms with van der Waals surface area (Å²) in [5.74, 6) is 1.76. The summed E-state index contributed by atoms with van der Waals surface area (Å²) in [4.78, 5) is 4.57. The van der Waals surface area contributed by atoms with Crippen LogP contribution in [0.4, 0.5) is 0 Å². The van der Waals surface area contributed by atoms with Crippen LogP contribution in [-0.2, 0) is 6.42 Å². The molecule has 0 atom stereocenters. The Bertz CT molecular complexity index is 486. The van der Waals surface area contributed by atoms with Crippen molar-refractivity contribution in [2.45, 2.75) is 27.2 Å². The molecule has 0 spiro atoms. The van der Waals surface area contributed by atoms with E-state index in [1.165, 1.54) is 11.1 Å². The molecule has 0 aliphatic heterocycles. The first-order valence-corrected chi connectivity index (χ1v) is 6.01. The highest BCUT2D eigenvalue weighted by atomic mass is 79.9. The van der Waals surface area contributed by atoms with E-state index >= 15 is 0 Å². The van der Waals surface area contributed by atoms with Crippen molar-refractivity contribution in [3.8, 4) is 0 Å². The van der Waals surface area contributed by atoms with Gasteiger partial charge in [0.25, 0.3) is 0 Å². The van der Waals surface area contributed by atoms with E-state index in [0.717, 1.165) is 16.8 Å². The largest absolute Gasteiger partial charge is 0.302 e. The van der Waals surface area contributed by atoms with Crippen LogP contribution < -0.4 is 0 Å². The number of rotatable bonds is 2. The maximum atomic E-state index is 4.57. The maximum absolute atomic E-state index is 4.57. The fourth-order valence-corrected chi connectivity index (χ4v) is 2.53. The van der Waals surface area contributed by atoms with E-state index in [0.29, 0.717) is 5.92 Å². The molecule has 2 rings (SSSR count). The van der Waals surface area contributed by atoms with Crippen LogP contribution in [0.1, 0.15) is 25.2 Å². The Labute approximate surface area is 98.5 Å². The molecule has 80 valence electrons. The molecular formula is C12H15BrN2. The van der Waals surface area contributed by atoms with Crippen molar-refractivity contribution < 1.29 is 0 Å². The predicted octanol–water partition coefficient (Wildman–Crippen LogP) is 3.60. The van der Waals surface area contributed by atoms with Gasteiger partial charge in [-0.15, -0.1) is 0 Å². The minimum Gasteiger partial charge on any atom is -0.302 e. The Morgan fingerprint density at radius 2 is 2.20 bits per heavy atom. The van der Waals surface area contributed by atoms with Crippen molar-refractivity contribution >= 4 is 21.4 Å². The highest BCUT2D eigenvalue weighted by molar-refractivity contribution is 9.10. The zero-order chi connectivity index (χ0) is 11.0. The third-order valence-corrected chi connectivity index (χ3v) is 3.04. The van der Waals surface area contributed by atoms with Gasteiger partial charge in [0.1, 0.15) is 10.4 Å². The summed E-state index contributed by atoms with van der Waals surface area (Å²) in [5, 5.41) is 0. The average molecular weight is 267 g/mol. The van der Waals surface area contributed by atoms with E-state index in [9.17, 15) is 0 Å². The summed E-state index contributed by atoms with van der Waals surface area (Å²) in [7, 11) is 0. The molecule has 0 aromatic carbocycles. The summed E-state index contributed by atoms with van der Waals surface area (Å²) in [5.41, 5.74) is 2.44.